The van der Waals surface area contributed by atoms with Crippen LogP contribution in [0.4, 0.5) is 0 Å². The zero-order chi connectivity index (χ0) is 17.1. The van der Waals surface area contributed by atoms with Crippen LogP contribution in [0.3, 0.4) is 0 Å². The molecule has 24 heavy (non-hydrogen) atoms. The lowest BCUT2D eigenvalue weighted by Gasteiger charge is -2.19. The molecule has 2 heterocycles. The predicted molar refractivity (Wildman–Crippen MR) is 93.1 cm³/mol. The monoisotopic (exact) mass is 320 g/mol. The number of carbonyl (C=O) groups is 1. The number of amides is 1. The summed E-state index contributed by atoms with van der Waals surface area (Å²) in [5.41, 5.74) is 4.15. The van der Waals surface area contributed by atoms with Crippen LogP contribution >= 0.6 is 0 Å². The second-order valence-corrected chi connectivity index (χ2v) is 5.97. The lowest BCUT2D eigenvalue weighted by Crippen LogP contribution is -2.26. The topological polar surface area (TPSA) is 51.0 Å². The lowest BCUT2D eigenvalue weighted by molar-refractivity contribution is 0.0784. The maximum atomic E-state index is 12.6. The minimum atomic E-state index is -0.0420. The van der Waals surface area contributed by atoms with Crippen molar-refractivity contribution < 1.29 is 4.79 Å². The molecule has 122 valence electrons. The van der Waals surface area contributed by atoms with E-state index < -0.39 is 0 Å². The first-order valence-corrected chi connectivity index (χ1v) is 7.80. The smallest absolute Gasteiger partial charge is 0.255 e. The van der Waals surface area contributed by atoms with E-state index >= 15 is 0 Å². The molecule has 3 rings (SSSR count). The van der Waals surface area contributed by atoms with Gasteiger partial charge >= 0.3 is 0 Å². The molecule has 1 amide bonds. The van der Waals surface area contributed by atoms with E-state index in [1.165, 1.54) is 11.1 Å². The van der Waals surface area contributed by atoms with Crippen LogP contribution in [0.5, 0.6) is 0 Å². The maximum absolute atomic E-state index is 12.6. The van der Waals surface area contributed by atoms with Crippen molar-refractivity contribution in [3.63, 3.8) is 0 Å². The van der Waals surface area contributed by atoms with Gasteiger partial charge in [0.25, 0.3) is 5.91 Å². The molecule has 0 aliphatic heterocycles. The highest BCUT2D eigenvalue weighted by Gasteiger charge is 2.13. The van der Waals surface area contributed by atoms with Crippen LogP contribution in [0.2, 0.25) is 0 Å². The molecule has 3 aromatic rings. The number of pyridine rings is 1. The van der Waals surface area contributed by atoms with Gasteiger partial charge in [-0.2, -0.15) is 0 Å². The standard InChI is InChI=1S/C19H20N4O/c1-14-4-5-17(15(2)10-14)12-22(3)19(24)16-6-7-18(21-11-16)23-9-8-20-13-23/h4-11,13H,12H2,1-3H3. The average Bonchev–Trinajstić information content (AvgIpc) is 3.11. The van der Waals surface area contributed by atoms with Gasteiger partial charge in [0, 0.05) is 32.2 Å². The third-order valence-corrected chi connectivity index (χ3v) is 4.02. The summed E-state index contributed by atoms with van der Waals surface area (Å²) in [5.74, 6) is 0.695. The summed E-state index contributed by atoms with van der Waals surface area (Å²) >= 11 is 0. The van der Waals surface area contributed by atoms with Crippen molar-refractivity contribution in [1.82, 2.24) is 19.4 Å². The van der Waals surface area contributed by atoms with Gasteiger partial charge in [-0.25, -0.2) is 9.97 Å². The van der Waals surface area contributed by atoms with Crippen molar-refractivity contribution in [3.8, 4) is 5.82 Å². The van der Waals surface area contributed by atoms with Gasteiger partial charge in [-0.1, -0.05) is 23.8 Å². The van der Waals surface area contributed by atoms with Crippen LogP contribution in [-0.4, -0.2) is 32.4 Å². The molecule has 0 bridgehead atoms. The minimum Gasteiger partial charge on any atom is -0.337 e. The fourth-order valence-corrected chi connectivity index (χ4v) is 2.63. The quantitative estimate of drug-likeness (QED) is 0.742. The van der Waals surface area contributed by atoms with E-state index in [0.717, 1.165) is 11.4 Å². The summed E-state index contributed by atoms with van der Waals surface area (Å²) in [6, 6.07) is 9.90. The number of aromatic nitrogens is 3. The number of imidazole rings is 1. The average molecular weight is 320 g/mol. The van der Waals surface area contributed by atoms with Crippen molar-refractivity contribution in [3.05, 3.63) is 77.5 Å². The van der Waals surface area contributed by atoms with Gasteiger partial charge in [-0.15, -0.1) is 0 Å². The molecule has 0 aliphatic carbocycles. The Morgan fingerprint density at radius 1 is 1.21 bits per heavy atom. The zero-order valence-corrected chi connectivity index (χ0v) is 14.1. The third-order valence-electron chi connectivity index (χ3n) is 4.02. The van der Waals surface area contributed by atoms with Crippen LogP contribution in [0.25, 0.3) is 5.82 Å². The molecule has 0 radical (unpaired) electrons. The van der Waals surface area contributed by atoms with Crippen LogP contribution in [0, 0.1) is 13.8 Å². The molecule has 1 aromatic carbocycles. The van der Waals surface area contributed by atoms with Crippen LogP contribution in [0.1, 0.15) is 27.0 Å². The van der Waals surface area contributed by atoms with E-state index in [-0.39, 0.29) is 5.91 Å². The molecule has 0 atom stereocenters. The molecule has 0 N–H and O–H groups in total. The van der Waals surface area contributed by atoms with Gasteiger partial charge in [0.2, 0.25) is 0 Å². The highest BCUT2D eigenvalue weighted by Crippen LogP contribution is 2.14. The largest absolute Gasteiger partial charge is 0.337 e. The molecule has 0 fully saturated rings. The number of carbonyl (C=O) groups excluding carboxylic acids is 1. The number of hydrogen-bond donors (Lipinski definition) is 0. The summed E-state index contributed by atoms with van der Waals surface area (Å²) in [5, 5.41) is 0. The van der Waals surface area contributed by atoms with Gasteiger partial charge in [0.15, 0.2) is 0 Å². The Kier molecular flexibility index (Phi) is 4.42. The van der Waals surface area contributed by atoms with Crippen LogP contribution in [-0.2, 0) is 6.54 Å². The first-order chi connectivity index (χ1) is 11.5. The third kappa shape index (κ3) is 3.35. The fourth-order valence-electron chi connectivity index (χ4n) is 2.63. The van der Waals surface area contributed by atoms with Crippen molar-refractivity contribution in [2.75, 3.05) is 7.05 Å². The second kappa shape index (κ2) is 6.66. The Morgan fingerprint density at radius 3 is 2.67 bits per heavy atom. The fraction of sp³-hybridized carbons (Fsp3) is 0.211. The van der Waals surface area contributed by atoms with Crippen molar-refractivity contribution in [2.45, 2.75) is 20.4 Å². The maximum Gasteiger partial charge on any atom is 0.255 e. The predicted octanol–water partition coefficient (Wildman–Crippen LogP) is 3.16. The van der Waals surface area contributed by atoms with Gasteiger partial charge in [0.1, 0.15) is 12.1 Å². The zero-order valence-electron chi connectivity index (χ0n) is 14.1. The normalized spacial score (nSPS) is 10.6. The Balaban J connectivity index is 1.73. The van der Waals surface area contributed by atoms with E-state index in [1.807, 2.05) is 19.3 Å². The Morgan fingerprint density at radius 2 is 2.04 bits per heavy atom. The molecular weight excluding hydrogens is 300 g/mol. The molecular formula is C19H20N4O. The van der Waals surface area contributed by atoms with E-state index in [9.17, 15) is 4.79 Å². The Bertz CT molecular complexity index is 838. The number of hydrogen-bond acceptors (Lipinski definition) is 3. The molecule has 0 spiro atoms. The van der Waals surface area contributed by atoms with Crippen molar-refractivity contribution >= 4 is 5.91 Å². The van der Waals surface area contributed by atoms with E-state index in [2.05, 4.69) is 42.0 Å². The molecule has 2 aromatic heterocycles. The van der Waals surface area contributed by atoms with E-state index in [1.54, 1.807) is 34.3 Å². The molecule has 0 saturated carbocycles. The second-order valence-electron chi connectivity index (χ2n) is 5.97. The number of aryl methyl sites for hydroxylation is 2. The van der Waals surface area contributed by atoms with Crippen LogP contribution < -0.4 is 0 Å². The Labute approximate surface area is 141 Å². The minimum absolute atomic E-state index is 0.0420. The Hall–Kier alpha value is -2.95. The molecule has 0 aliphatic rings. The summed E-state index contributed by atoms with van der Waals surface area (Å²) in [6.07, 6.45) is 6.79. The molecule has 5 nitrogen and oxygen atoms in total. The molecule has 0 saturated heterocycles. The first kappa shape index (κ1) is 15.9. The number of benzene rings is 1. The van der Waals surface area contributed by atoms with Gasteiger partial charge in [-0.3, -0.25) is 9.36 Å². The van der Waals surface area contributed by atoms with E-state index in [0.29, 0.717) is 12.1 Å². The lowest BCUT2D eigenvalue weighted by atomic mass is 10.1. The molecule has 0 unspecified atom stereocenters. The summed E-state index contributed by atoms with van der Waals surface area (Å²) < 4.78 is 1.80. The highest BCUT2D eigenvalue weighted by atomic mass is 16.2. The van der Waals surface area contributed by atoms with Crippen molar-refractivity contribution in [2.24, 2.45) is 0 Å². The van der Waals surface area contributed by atoms with Crippen molar-refractivity contribution in [1.29, 1.82) is 0 Å². The van der Waals surface area contributed by atoms with Gasteiger partial charge in [-0.05, 0) is 37.1 Å². The summed E-state index contributed by atoms with van der Waals surface area (Å²) in [4.78, 5) is 22.6. The summed E-state index contributed by atoms with van der Waals surface area (Å²) in [7, 11) is 1.81. The summed E-state index contributed by atoms with van der Waals surface area (Å²) in [6.45, 7) is 4.72. The molecule has 5 heteroatoms. The number of nitrogens with zero attached hydrogens (tertiary/aromatic N) is 4. The highest BCUT2D eigenvalue weighted by molar-refractivity contribution is 5.93. The van der Waals surface area contributed by atoms with E-state index in [4.69, 9.17) is 0 Å². The first-order valence-electron chi connectivity index (χ1n) is 7.80. The van der Waals surface area contributed by atoms with Gasteiger partial charge in [0.05, 0.1) is 5.56 Å². The van der Waals surface area contributed by atoms with Crippen LogP contribution in [0.15, 0.2) is 55.2 Å². The van der Waals surface area contributed by atoms with Gasteiger partial charge < -0.3 is 4.90 Å². The number of rotatable bonds is 4. The SMILES string of the molecule is Cc1ccc(CN(C)C(=O)c2ccc(-n3ccnc3)nc2)c(C)c1.